The summed E-state index contributed by atoms with van der Waals surface area (Å²) in [6.07, 6.45) is 0. The Kier molecular flexibility index (Phi) is 9.71. The van der Waals surface area contributed by atoms with E-state index in [9.17, 15) is 0 Å². The third-order valence-corrected chi connectivity index (χ3v) is 3.67. The molecule has 0 aromatic carbocycles. The molecule has 19 heavy (non-hydrogen) atoms. The van der Waals surface area contributed by atoms with Crippen molar-refractivity contribution in [2.75, 3.05) is 0 Å². The molecule has 0 saturated heterocycles. The van der Waals surface area contributed by atoms with Gasteiger partial charge in [-0.05, 0) is 67.2 Å². The maximum Gasteiger partial charge on any atom is 0.307 e. The summed E-state index contributed by atoms with van der Waals surface area (Å²) in [4.78, 5) is 0. The van der Waals surface area contributed by atoms with Crippen molar-refractivity contribution in [3.63, 3.8) is 0 Å². The minimum atomic E-state index is -1.40. The van der Waals surface area contributed by atoms with Gasteiger partial charge >= 0.3 is 8.53 Å². The Bertz CT molecular complexity index is 205. The van der Waals surface area contributed by atoms with Gasteiger partial charge in [-0.1, -0.05) is 0 Å². The molecule has 0 bridgehead atoms. The van der Waals surface area contributed by atoms with E-state index in [0.29, 0.717) is 0 Å². The van der Waals surface area contributed by atoms with Crippen molar-refractivity contribution in [1.82, 2.24) is 14.7 Å². The Morgan fingerprint density at radius 2 is 1.00 bits per heavy atom. The molecule has 1 N–H and O–H groups in total. The lowest BCUT2D eigenvalue weighted by Crippen LogP contribution is -2.39. The molecular formula is C12H29ClN3O2P. The summed E-state index contributed by atoms with van der Waals surface area (Å²) >= 11 is 5.75. The van der Waals surface area contributed by atoms with E-state index in [1.807, 2.05) is 10.1 Å². The summed E-state index contributed by atoms with van der Waals surface area (Å²) in [6, 6.07) is 1.02. The number of hydrogen-bond acceptors (Lipinski definition) is 5. The van der Waals surface area contributed by atoms with Crippen LogP contribution in [0.15, 0.2) is 0 Å². The Labute approximate surface area is 124 Å². The molecule has 0 unspecified atom stereocenters. The number of hydroxylamine groups is 4. The van der Waals surface area contributed by atoms with Crippen molar-refractivity contribution in [2.24, 2.45) is 0 Å². The first-order valence-electron chi connectivity index (χ1n) is 6.79. The molecule has 116 valence electrons. The minimum absolute atomic E-state index is 0.255. The highest BCUT2D eigenvalue weighted by molar-refractivity contribution is 7.46. The van der Waals surface area contributed by atoms with Crippen LogP contribution in [0.25, 0.3) is 0 Å². The summed E-state index contributed by atoms with van der Waals surface area (Å²) in [6.45, 7) is 16.6. The van der Waals surface area contributed by atoms with Gasteiger partial charge in [-0.3, -0.25) is 0 Å². The van der Waals surface area contributed by atoms with Crippen LogP contribution in [0.2, 0.25) is 0 Å². The fourth-order valence-corrected chi connectivity index (χ4v) is 3.16. The average Bonchev–Trinajstić information content (AvgIpc) is 2.27. The van der Waals surface area contributed by atoms with Crippen LogP contribution < -0.4 is 4.61 Å². The number of rotatable bonds is 9. The molecule has 0 radical (unpaired) electrons. The molecule has 0 aromatic rings. The zero-order valence-electron chi connectivity index (χ0n) is 13.3. The highest BCUT2D eigenvalue weighted by Crippen LogP contribution is 2.39. The fraction of sp³-hybridized carbons (Fsp3) is 1.00. The molecule has 0 spiro atoms. The second-order valence-electron chi connectivity index (χ2n) is 5.60. The topological polar surface area (TPSA) is 37.0 Å². The van der Waals surface area contributed by atoms with Crippen molar-refractivity contribution >= 4 is 20.3 Å². The van der Waals surface area contributed by atoms with E-state index < -0.39 is 8.53 Å². The number of halogens is 1. The maximum absolute atomic E-state index is 5.84. The molecule has 0 aliphatic carbocycles. The fourth-order valence-electron chi connectivity index (χ4n) is 1.79. The summed E-state index contributed by atoms with van der Waals surface area (Å²) in [5.74, 6) is 0. The van der Waals surface area contributed by atoms with Crippen LogP contribution in [-0.4, -0.2) is 34.3 Å². The number of nitrogens with zero attached hydrogens (tertiary/aromatic N) is 2. The van der Waals surface area contributed by atoms with Crippen molar-refractivity contribution in [3.8, 4) is 0 Å². The monoisotopic (exact) mass is 313 g/mol. The zero-order chi connectivity index (χ0) is 15.2. The van der Waals surface area contributed by atoms with Crippen LogP contribution in [0.5, 0.6) is 0 Å². The van der Waals surface area contributed by atoms with E-state index in [2.05, 4.69) is 60.0 Å². The van der Waals surface area contributed by atoms with Crippen molar-refractivity contribution < 1.29 is 9.25 Å². The highest BCUT2D eigenvalue weighted by Gasteiger charge is 2.26. The van der Waals surface area contributed by atoms with Gasteiger partial charge in [0.1, 0.15) is 0 Å². The molecule has 7 heteroatoms. The van der Waals surface area contributed by atoms with Gasteiger partial charge in [-0.15, -0.1) is 0 Å². The molecule has 0 aliphatic heterocycles. The van der Waals surface area contributed by atoms with Gasteiger partial charge in [0.2, 0.25) is 0 Å². The highest BCUT2D eigenvalue weighted by atomic mass is 35.5. The normalized spacial score (nSPS) is 13.3. The van der Waals surface area contributed by atoms with Gasteiger partial charge in [-0.25, -0.2) is 9.25 Å². The van der Waals surface area contributed by atoms with E-state index >= 15 is 0 Å². The van der Waals surface area contributed by atoms with Gasteiger partial charge in [0.15, 0.2) is 0 Å². The Morgan fingerprint density at radius 3 is 1.16 bits per heavy atom. The quantitative estimate of drug-likeness (QED) is 0.395. The molecular weight excluding hydrogens is 285 g/mol. The van der Waals surface area contributed by atoms with E-state index in [1.165, 1.54) is 0 Å². The smallest absolute Gasteiger partial charge is 0.228 e. The van der Waals surface area contributed by atoms with E-state index in [0.717, 1.165) is 0 Å². The average molecular weight is 314 g/mol. The number of hydrogen-bond donors (Lipinski definition) is 1. The third-order valence-electron chi connectivity index (χ3n) is 2.44. The Balaban J connectivity index is 4.64. The van der Waals surface area contributed by atoms with E-state index in [1.54, 1.807) is 0 Å². The predicted octanol–water partition coefficient (Wildman–Crippen LogP) is 4.06. The standard InChI is InChI=1S/C12H29ClN3O2P/c1-9(2)15(10(3)4)17-19(14-13)18-16(11(5)6)12(7)8/h9-12,14H,1-8H3. The lowest BCUT2D eigenvalue weighted by atomic mass is 10.3. The molecule has 0 aliphatic rings. The van der Waals surface area contributed by atoms with Crippen molar-refractivity contribution in [3.05, 3.63) is 0 Å². The maximum atomic E-state index is 5.84. The first kappa shape index (κ1) is 19.5. The molecule has 5 nitrogen and oxygen atoms in total. The first-order valence-corrected chi connectivity index (χ1v) is 8.35. The molecule has 0 atom stereocenters. The SMILES string of the molecule is CC(C)N(OP(NCl)ON(C(C)C)C(C)C)C(C)C. The largest absolute Gasteiger partial charge is 0.307 e. The summed E-state index contributed by atoms with van der Waals surface area (Å²) in [5, 5.41) is 3.78. The van der Waals surface area contributed by atoms with Crippen LogP contribution in [0.3, 0.4) is 0 Å². The third kappa shape index (κ3) is 7.19. The van der Waals surface area contributed by atoms with Crippen molar-refractivity contribution in [1.29, 1.82) is 0 Å². The second kappa shape index (κ2) is 9.46. The lowest BCUT2D eigenvalue weighted by Gasteiger charge is -2.35. The Hall–Kier alpha value is 0.520. The van der Waals surface area contributed by atoms with Crippen LogP contribution in [0.4, 0.5) is 0 Å². The molecule has 0 amide bonds. The number of nitrogens with one attached hydrogen (secondary N) is 1. The molecule has 0 saturated carbocycles. The van der Waals surface area contributed by atoms with Crippen molar-refractivity contribution in [2.45, 2.75) is 79.6 Å². The van der Waals surface area contributed by atoms with Crippen LogP contribution in [0.1, 0.15) is 55.4 Å². The summed E-state index contributed by atoms with van der Waals surface area (Å²) in [7, 11) is -1.40. The molecule has 0 aromatic heterocycles. The van der Waals surface area contributed by atoms with Gasteiger partial charge < -0.3 is 0 Å². The van der Waals surface area contributed by atoms with E-state index in [4.69, 9.17) is 21.0 Å². The van der Waals surface area contributed by atoms with Crippen LogP contribution >= 0.6 is 20.3 Å². The van der Waals surface area contributed by atoms with Gasteiger partial charge in [0.05, 0.1) is 0 Å². The van der Waals surface area contributed by atoms with Gasteiger partial charge in [0, 0.05) is 24.2 Å². The molecule has 0 rings (SSSR count). The van der Waals surface area contributed by atoms with Gasteiger partial charge in [-0.2, -0.15) is 14.7 Å². The lowest BCUT2D eigenvalue weighted by molar-refractivity contribution is -0.158. The molecule has 0 heterocycles. The Morgan fingerprint density at radius 1 is 0.737 bits per heavy atom. The van der Waals surface area contributed by atoms with Crippen LogP contribution in [0, 0.1) is 0 Å². The predicted molar refractivity (Wildman–Crippen MR) is 82.3 cm³/mol. The molecule has 0 fully saturated rings. The van der Waals surface area contributed by atoms with Gasteiger partial charge in [0.25, 0.3) is 0 Å². The minimum Gasteiger partial charge on any atom is -0.228 e. The zero-order valence-corrected chi connectivity index (χ0v) is 15.0. The van der Waals surface area contributed by atoms with Crippen LogP contribution in [-0.2, 0) is 9.25 Å². The summed E-state index contributed by atoms with van der Waals surface area (Å²) < 4.78 is 14.3. The second-order valence-corrected chi connectivity index (χ2v) is 7.12. The summed E-state index contributed by atoms with van der Waals surface area (Å²) in [5.41, 5.74) is 0. The van der Waals surface area contributed by atoms with E-state index in [-0.39, 0.29) is 24.2 Å². The first-order chi connectivity index (χ1) is 8.70.